The van der Waals surface area contributed by atoms with Gasteiger partial charge in [0.05, 0.1) is 25.5 Å². The van der Waals surface area contributed by atoms with Crippen LogP contribution in [0.5, 0.6) is 0 Å². The van der Waals surface area contributed by atoms with E-state index < -0.39 is 0 Å². The molecule has 0 spiro atoms. The SMILES string of the molecule is O=C1CN(c2nc(-c3cccnc3)cc(N3CCC(N4CCOCC4)CC3)n2)CCN1. The van der Waals surface area contributed by atoms with Crippen molar-refractivity contribution in [3.8, 4) is 11.3 Å². The first-order chi connectivity index (χ1) is 15.3. The second kappa shape index (κ2) is 9.15. The van der Waals surface area contributed by atoms with Gasteiger partial charge in [-0.25, -0.2) is 4.98 Å². The minimum atomic E-state index is 0.00880. The van der Waals surface area contributed by atoms with Gasteiger partial charge in [0.1, 0.15) is 5.82 Å². The van der Waals surface area contributed by atoms with Crippen LogP contribution < -0.4 is 15.1 Å². The molecule has 0 atom stereocenters. The minimum absolute atomic E-state index is 0.00880. The fourth-order valence-corrected chi connectivity index (χ4v) is 4.60. The van der Waals surface area contributed by atoms with Crippen LogP contribution in [0.15, 0.2) is 30.6 Å². The van der Waals surface area contributed by atoms with Gasteiger partial charge in [-0.3, -0.25) is 14.7 Å². The Labute approximate surface area is 182 Å². The first-order valence-electron chi connectivity index (χ1n) is 11.1. The van der Waals surface area contributed by atoms with Gasteiger partial charge in [0.2, 0.25) is 11.9 Å². The summed E-state index contributed by atoms with van der Waals surface area (Å²) in [6.07, 6.45) is 5.82. The molecule has 31 heavy (non-hydrogen) atoms. The molecule has 1 amide bonds. The highest BCUT2D eigenvalue weighted by molar-refractivity contribution is 5.82. The number of ether oxygens (including phenoxy) is 1. The second-order valence-corrected chi connectivity index (χ2v) is 8.29. The number of hydrogen-bond acceptors (Lipinski definition) is 8. The minimum Gasteiger partial charge on any atom is -0.379 e. The van der Waals surface area contributed by atoms with Gasteiger partial charge in [-0.2, -0.15) is 4.98 Å². The van der Waals surface area contributed by atoms with Crippen molar-refractivity contribution < 1.29 is 9.53 Å². The molecule has 0 unspecified atom stereocenters. The lowest BCUT2D eigenvalue weighted by molar-refractivity contribution is -0.120. The molecule has 0 radical (unpaired) electrons. The Hall–Kier alpha value is -2.78. The van der Waals surface area contributed by atoms with Gasteiger partial charge >= 0.3 is 0 Å². The largest absolute Gasteiger partial charge is 0.379 e. The van der Waals surface area contributed by atoms with E-state index in [0.29, 0.717) is 25.1 Å². The van der Waals surface area contributed by atoms with Crippen molar-refractivity contribution in [2.75, 3.05) is 68.8 Å². The number of hydrogen-bond donors (Lipinski definition) is 1. The topological polar surface area (TPSA) is 86.7 Å². The van der Waals surface area contributed by atoms with Gasteiger partial charge in [-0.15, -0.1) is 0 Å². The number of piperidine rings is 1. The van der Waals surface area contributed by atoms with Crippen molar-refractivity contribution in [2.24, 2.45) is 0 Å². The maximum Gasteiger partial charge on any atom is 0.239 e. The highest BCUT2D eigenvalue weighted by Crippen LogP contribution is 2.28. The molecule has 3 aliphatic heterocycles. The Kier molecular flexibility index (Phi) is 5.95. The third-order valence-corrected chi connectivity index (χ3v) is 6.33. The molecule has 3 saturated heterocycles. The molecule has 3 aliphatic rings. The molecule has 3 fully saturated rings. The Morgan fingerprint density at radius 1 is 1.03 bits per heavy atom. The molecular weight excluding hydrogens is 394 g/mol. The van der Waals surface area contributed by atoms with Gasteiger partial charge in [0.25, 0.3) is 0 Å². The monoisotopic (exact) mass is 423 g/mol. The lowest BCUT2D eigenvalue weighted by Gasteiger charge is -2.40. The quantitative estimate of drug-likeness (QED) is 0.772. The van der Waals surface area contributed by atoms with Crippen molar-refractivity contribution in [1.29, 1.82) is 0 Å². The number of carbonyl (C=O) groups is 1. The lowest BCUT2D eigenvalue weighted by Crippen LogP contribution is -2.49. The molecule has 0 saturated carbocycles. The lowest BCUT2D eigenvalue weighted by atomic mass is 10.0. The summed E-state index contributed by atoms with van der Waals surface area (Å²) in [5.74, 6) is 1.55. The maximum absolute atomic E-state index is 11.9. The summed E-state index contributed by atoms with van der Waals surface area (Å²) in [7, 11) is 0. The molecular formula is C22H29N7O2. The Morgan fingerprint density at radius 2 is 1.87 bits per heavy atom. The summed E-state index contributed by atoms with van der Waals surface area (Å²) < 4.78 is 5.51. The van der Waals surface area contributed by atoms with Crippen molar-refractivity contribution in [1.82, 2.24) is 25.2 Å². The van der Waals surface area contributed by atoms with Crippen LogP contribution >= 0.6 is 0 Å². The highest BCUT2D eigenvalue weighted by atomic mass is 16.5. The molecule has 5 heterocycles. The highest BCUT2D eigenvalue weighted by Gasteiger charge is 2.28. The van der Waals surface area contributed by atoms with Crippen LogP contribution in [0.1, 0.15) is 12.8 Å². The van der Waals surface area contributed by atoms with E-state index in [-0.39, 0.29) is 12.5 Å². The number of nitrogens with zero attached hydrogens (tertiary/aromatic N) is 6. The summed E-state index contributed by atoms with van der Waals surface area (Å²) in [5.41, 5.74) is 1.80. The standard InChI is InChI=1S/C22H29N7O2/c30-21-16-29(9-6-24-21)22-25-19(17-2-1-5-23-15-17)14-20(26-22)28-7-3-18(4-8-28)27-10-12-31-13-11-27/h1-2,5,14-15,18H,3-4,6-13,16H2,(H,24,30). The average Bonchev–Trinajstić information content (AvgIpc) is 2.85. The third-order valence-electron chi connectivity index (χ3n) is 6.33. The number of nitrogens with one attached hydrogen (secondary N) is 1. The van der Waals surface area contributed by atoms with Crippen LogP contribution in [0.4, 0.5) is 11.8 Å². The molecule has 9 nitrogen and oxygen atoms in total. The number of pyridine rings is 1. The maximum atomic E-state index is 11.9. The molecule has 1 N–H and O–H groups in total. The van der Waals surface area contributed by atoms with E-state index in [9.17, 15) is 4.79 Å². The smallest absolute Gasteiger partial charge is 0.239 e. The van der Waals surface area contributed by atoms with Crippen LogP contribution in [-0.4, -0.2) is 90.8 Å². The average molecular weight is 424 g/mol. The number of piperazine rings is 1. The molecule has 9 heteroatoms. The van der Waals surface area contributed by atoms with E-state index in [1.807, 2.05) is 23.2 Å². The number of morpholine rings is 1. The van der Waals surface area contributed by atoms with E-state index >= 15 is 0 Å². The molecule has 0 bridgehead atoms. The van der Waals surface area contributed by atoms with Crippen molar-refractivity contribution in [2.45, 2.75) is 18.9 Å². The van der Waals surface area contributed by atoms with Gasteiger partial charge in [-0.1, -0.05) is 0 Å². The van der Waals surface area contributed by atoms with Crippen LogP contribution in [-0.2, 0) is 9.53 Å². The first kappa shape index (κ1) is 20.1. The number of anilines is 2. The summed E-state index contributed by atoms with van der Waals surface area (Å²) in [6.45, 7) is 7.28. The predicted molar refractivity (Wildman–Crippen MR) is 118 cm³/mol. The van der Waals surface area contributed by atoms with Crippen LogP contribution in [0.2, 0.25) is 0 Å². The Balaban J connectivity index is 1.38. The number of amides is 1. The van der Waals surface area contributed by atoms with Crippen molar-refractivity contribution >= 4 is 17.7 Å². The summed E-state index contributed by atoms with van der Waals surface area (Å²) in [5, 5.41) is 2.87. The van der Waals surface area contributed by atoms with E-state index in [2.05, 4.69) is 26.2 Å². The third kappa shape index (κ3) is 4.62. The number of aromatic nitrogens is 3. The van der Waals surface area contributed by atoms with Crippen molar-refractivity contribution in [3.05, 3.63) is 30.6 Å². The summed E-state index contributed by atoms with van der Waals surface area (Å²) in [4.78, 5) is 32.7. The first-order valence-corrected chi connectivity index (χ1v) is 11.1. The van der Waals surface area contributed by atoms with E-state index in [0.717, 1.165) is 69.3 Å². The summed E-state index contributed by atoms with van der Waals surface area (Å²) >= 11 is 0. The molecule has 2 aromatic rings. The molecule has 0 aromatic carbocycles. The molecule has 2 aromatic heterocycles. The van der Waals surface area contributed by atoms with Gasteiger partial charge < -0.3 is 19.9 Å². The van der Waals surface area contributed by atoms with Gasteiger partial charge in [-0.05, 0) is 25.0 Å². The number of carbonyl (C=O) groups excluding carboxylic acids is 1. The predicted octanol–water partition coefficient (Wildman–Crippen LogP) is 0.776. The van der Waals surface area contributed by atoms with Crippen molar-refractivity contribution in [3.63, 3.8) is 0 Å². The zero-order valence-corrected chi connectivity index (χ0v) is 17.7. The molecule has 0 aliphatic carbocycles. The molecule has 164 valence electrons. The normalized spacial score (nSPS) is 21.2. The van der Waals surface area contributed by atoms with Gasteiger partial charge in [0.15, 0.2) is 0 Å². The Bertz CT molecular complexity index is 896. The van der Waals surface area contributed by atoms with Crippen LogP contribution in [0.25, 0.3) is 11.3 Å². The van der Waals surface area contributed by atoms with E-state index in [1.165, 1.54) is 0 Å². The number of rotatable bonds is 4. The second-order valence-electron chi connectivity index (χ2n) is 8.29. The van der Waals surface area contributed by atoms with Crippen LogP contribution in [0, 0.1) is 0 Å². The zero-order valence-electron chi connectivity index (χ0n) is 17.7. The molecule has 5 rings (SSSR count). The zero-order chi connectivity index (χ0) is 21.0. The summed E-state index contributed by atoms with van der Waals surface area (Å²) in [6, 6.07) is 6.60. The Morgan fingerprint density at radius 3 is 2.61 bits per heavy atom. The van der Waals surface area contributed by atoms with Crippen LogP contribution in [0.3, 0.4) is 0 Å². The fourth-order valence-electron chi connectivity index (χ4n) is 4.60. The van der Waals surface area contributed by atoms with E-state index in [1.54, 1.807) is 6.20 Å². The van der Waals surface area contributed by atoms with E-state index in [4.69, 9.17) is 14.7 Å². The van der Waals surface area contributed by atoms with Gasteiger partial charge in [0, 0.05) is 69.3 Å². The fraction of sp³-hybridized carbons (Fsp3) is 0.545.